The normalized spacial score (nSPS) is 15.7. The summed E-state index contributed by atoms with van der Waals surface area (Å²) in [6, 6.07) is 0.601. The highest BCUT2D eigenvalue weighted by Gasteiger charge is 2.27. The van der Waals surface area contributed by atoms with Gasteiger partial charge in [-0.2, -0.15) is 0 Å². The number of guanidine groups is 1. The molecular formula is C11H16IN5S. The number of imidazole rings is 1. The number of nitrogens with zero attached hydrogens (tertiary/aromatic N) is 4. The van der Waals surface area contributed by atoms with E-state index in [2.05, 4.69) is 14.9 Å². The molecule has 2 aromatic rings. The predicted octanol–water partition coefficient (Wildman–Crippen LogP) is 1.92. The Labute approximate surface area is 127 Å². The number of aliphatic imine (C=N–C) groups is 1. The summed E-state index contributed by atoms with van der Waals surface area (Å²) >= 11 is 1.63. The molecule has 1 fully saturated rings. The first-order valence-corrected chi connectivity index (χ1v) is 6.56. The molecule has 1 saturated carbocycles. The van der Waals surface area contributed by atoms with E-state index in [4.69, 9.17) is 5.73 Å². The van der Waals surface area contributed by atoms with Crippen LogP contribution in [0.15, 0.2) is 22.8 Å². The molecule has 7 heteroatoms. The van der Waals surface area contributed by atoms with Crippen molar-refractivity contribution in [3.8, 4) is 0 Å². The summed E-state index contributed by atoms with van der Waals surface area (Å²) in [6.07, 6.45) is 6.46. The Morgan fingerprint density at radius 2 is 2.44 bits per heavy atom. The van der Waals surface area contributed by atoms with Gasteiger partial charge in [0, 0.05) is 30.9 Å². The van der Waals surface area contributed by atoms with Crippen LogP contribution in [0.25, 0.3) is 4.96 Å². The molecule has 5 nitrogen and oxygen atoms in total. The molecule has 0 radical (unpaired) electrons. The van der Waals surface area contributed by atoms with E-state index in [-0.39, 0.29) is 24.0 Å². The maximum Gasteiger partial charge on any atom is 0.193 e. The van der Waals surface area contributed by atoms with Gasteiger partial charge in [0.2, 0.25) is 0 Å². The molecule has 2 heterocycles. The lowest BCUT2D eigenvalue weighted by Crippen LogP contribution is -2.35. The monoisotopic (exact) mass is 377 g/mol. The van der Waals surface area contributed by atoms with E-state index < -0.39 is 0 Å². The number of fused-ring (bicyclic) bond motifs is 1. The molecule has 0 bridgehead atoms. The fourth-order valence-electron chi connectivity index (χ4n) is 1.77. The first kappa shape index (κ1) is 13.6. The van der Waals surface area contributed by atoms with Crippen molar-refractivity contribution in [1.82, 2.24) is 14.3 Å². The van der Waals surface area contributed by atoms with Crippen molar-refractivity contribution in [1.29, 1.82) is 0 Å². The van der Waals surface area contributed by atoms with Crippen molar-refractivity contribution < 1.29 is 0 Å². The Bertz CT molecular complexity index is 528. The second-order valence-corrected chi connectivity index (χ2v) is 5.21. The summed E-state index contributed by atoms with van der Waals surface area (Å²) in [6.45, 7) is 0.553. The lowest BCUT2D eigenvalue weighted by atomic mass is 10.5. The highest BCUT2D eigenvalue weighted by molar-refractivity contribution is 14.0. The van der Waals surface area contributed by atoms with Crippen LogP contribution in [0.4, 0.5) is 0 Å². The van der Waals surface area contributed by atoms with Gasteiger partial charge in [0.05, 0.1) is 12.2 Å². The molecule has 0 amide bonds. The summed E-state index contributed by atoms with van der Waals surface area (Å²) in [7, 11) is 2.00. The number of halogens is 1. The molecular weight excluding hydrogens is 361 g/mol. The van der Waals surface area contributed by atoms with Crippen LogP contribution in [0.5, 0.6) is 0 Å². The van der Waals surface area contributed by atoms with Crippen LogP contribution >= 0.6 is 35.3 Å². The largest absolute Gasteiger partial charge is 0.370 e. The zero-order chi connectivity index (χ0) is 11.8. The summed E-state index contributed by atoms with van der Waals surface area (Å²) in [5, 5.41) is 2.02. The summed E-state index contributed by atoms with van der Waals surface area (Å²) in [5.41, 5.74) is 6.88. The van der Waals surface area contributed by atoms with Gasteiger partial charge >= 0.3 is 0 Å². The van der Waals surface area contributed by atoms with Gasteiger partial charge in [-0.3, -0.25) is 4.40 Å². The highest BCUT2D eigenvalue weighted by atomic mass is 127. The van der Waals surface area contributed by atoms with Crippen molar-refractivity contribution in [2.45, 2.75) is 25.4 Å². The third-order valence-electron chi connectivity index (χ3n) is 3.00. The molecule has 0 aliphatic heterocycles. The first-order chi connectivity index (χ1) is 8.24. The predicted molar refractivity (Wildman–Crippen MR) is 84.6 cm³/mol. The van der Waals surface area contributed by atoms with Gasteiger partial charge in [0.25, 0.3) is 0 Å². The Balaban J connectivity index is 0.00000120. The SMILES string of the molecule is CN(C(N)=NCc1cn2ccsc2n1)C1CC1.I. The zero-order valence-electron chi connectivity index (χ0n) is 10.1. The molecule has 0 saturated heterocycles. The van der Waals surface area contributed by atoms with Gasteiger partial charge in [-0.25, -0.2) is 9.98 Å². The van der Waals surface area contributed by atoms with Crippen LogP contribution in [-0.2, 0) is 6.54 Å². The topological polar surface area (TPSA) is 58.9 Å². The van der Waals surface area contributed by atoms with Crippen LogP contribution in [0.1, 0.15) is 18.5 Å². The van der Waals surface area contributed by atoms with E-state index in [1.165, 1.54) is 12.8 Å². The second kappa shape index (κ2) is 5.43. The van der Waals surface area contributed by atoms with Gasteiger partial charge in [-0.05, 0) is 12.8 Å². The minimum absolute atomic E-state index is 0. The Morgan fingerprint density at radius 3 is 3.11 bits per heavy atom. The third kappa shape index (κ3) is 2.77. The van der Waals surface area contributed by atoms with E-state index in [1.54, 1.807) is 11.3 Å². The average Bonchev–Trinajstić information content (AvgIpc) is 2.95. The molecule has 0 aromatic carbocycles. The highest BCUT2D eigenvalue weighted by Crippen LogP contribution is 2.24. The molecule has 2 aromatic heterocycles. The van der Waals surface area contributed by atoms with Gasteiger partial charge < -0.3 is 10.6 Å². The molecule has 0 atom stereocenters. The third-order valence-corrected chi connectivity index (χ3v) is 3.77. The van der Waals surface area contributed by atoms with Crippen molar-refractivity contribution in [3.05, 3.63) is 23.5 Å². The van der Waals surface area contributed by atoms with Gasteiger partial charge in [0.1, 0.15) is 0 Å². The van der Waals surface area contributed by atoms with Crippen molar-refractivity contribution in [3.63, 3.8) is 0 Å². The molecule has 98 valence electrons. The maximum atomic E-state index is 5.92. The Morgan fingerprint density at radius 1 is 1.67 bits per heavy atom. The number of nitrogens with two attached hydrogens (primary N) is 1. The molecule has 2 N–H and O–H groups in total. The minimum Gasteiger partial charge on any atom is -0.370 e. The molecule has 0 spiro atoms. The molecule has 18 heavy (non-hydrogen) atoms. The van der Waals surface area contributed by atoms with E-state index in [0.717, 1.165) is 10.7 Å². The van der Waals surface area contributed by atoms with E-state index in [1.807, 2.05) is 29.2 Å². The van der Waals surface area contributed by atoms with Crippen LogP contribution < -0.4 is 5.73 Å². The Hall–Kier alpha value is -0.830. The number of hydrogen-bond donors (Lipinski definition) is 1. The maximum absolute atomic E-state index is 5.92. The smallest absolute Gasteiger partial charge is 0.193 e. The van der Waals surface area contributed by atoms with E-state index >= 15 is 0 Å². The van der Waals surface area contributed by atoms with Crippen LogP contribution in [-0.4, -0.2) is 33.3 Å². The van der Waals surface area contributed by atoms with Crippen molar-refractivity contribution in [2.75, 3.05) is 7.05 Å². The average molecular weight is 377 g/mol. The number of thiazole rings is 1. The zero-order valence-corrected chi connectivity index (χ0v) is 13.3. The van der Waals surface area contributed by atoms with Crippen molar-refractivity contribution in [2.24, 2.45) is 10.7 Å². The molecule has 1 aliphatic carbocycles. The van der Waals surface area contributed by atoms with Gasteiger partial charge in [0.15, 0.2) is 10.9 Å². The standard InChI is InChI=1S/C11H15N5S.HI/c1-15(9-2-3-9)10(12)13-6-8-7-16-4-5-17-11(16)14-8;/h4-5,7,9H,2-3,6H2,1H3,(H2,12,13);1H. The number of aromatic nitrogens is 2. The van der Waals surface area contributed by atoms with Crippen LogP contribution in [0.3, 0.4) is 0 Å². The van der Waals surface area contributed by atoms with Gasteiger partial charge in [-0.15, -0.1) is 35.3 Å². The van der Waals surface area contributed by atoms with Gasteiger partial charge in [-0.1, -0.05) is 0 Å². The van der Waals surface area contributed by atoms with Crippen LogP contribution in [0, 0.1) is 0 Å². The lowest BCUT2D eigenvalue weighted by Gasteiger charge is -2.16. The molecule has 1 aliphatic rings. The summed E-state index contributed by atoms with van der Waals surface area (Å²) in [5.74, 6) is 0.615. The Kier molecular flexibility index (Phi) is 4.10. The van der Waals surface area contributed by atoms with E-state index in [9.17, 15) is 0 Å². The number of rotatable bonds is 3. The lowest BCUT2D eigenvalue weighted by molar-refractivity contribution is 0.487. The van der Waals surface area contributed by atoms with Crippen LogP contribution in [0.2, 0.25) is 0 Å². The fraction of sp³-hybridized carbons (Fsp3) is 0.455. The second-order valence-electron chi connectivity index (χ2n) is 4.34. The minimum atomic E-state index is 0. The quantitative estimate of drug-likeness (QED) is 0.505. The van der Waals surface area contributed by atoms with E-state index in [0.29, 0.717) is 18.5 Å². The molecule has 0 unspecified atom stereocenters. The first-order valence-electron chi connectivity index (χ1n) is 5.68. The molecule has 3 rings (SSSR count). The fourth-order valence-corrected chi connectivity index (χ4v) is 2.49. The van der Waals surface area contributed by atoms with Crippen molar-refractivity contribution >= 4 is 46.2 Å². The summed E-state index contributed by atoms with van der Waals surface area (Å²) < 4.78 is 2.01. The summed E-state index contributed by atoms with van der Waals surface area (Å²) in [4.78, 5) is 11.9. The number of hydrogen-bond acceptors (Lipinski definition) is 3.